The van der Waals surface area contributed by atoms with Crippen LogP contribution in [0.5, 0.6) is 5.75 Å². The molecule has 4 nitrogen and oxygen atoms in total. The molecule has 2 aromatic rings. The van der Waals surface area contributed by atoms with Crippen LogP contribution in [0.1, 0.15) is 32.3 Å². The lowest BCUT2D eigenvalue weighted by Gasteiger charge is -2.33. The van der Waals surface area contributed by atoms with Gasteiger partial charge < -0.3 is 15.0 Å². The molecule has 1 saturated heterocycles. The second-order valence-corrected chi connectivity index (χ2v) is 7.16. The van der Waals surface area contributed by atoms with Crippen molar-refractivity contribution >= 4 is 11.6 Å². The molecule has 0 bridgehead atoms. The Morgan fingerprint density at radius 2 is 1.85 bits per heavy atom. The summed E-state index contributed by atoms with van der Waals surface area (Å²) in [6.45, 7) is 5.63. The summed E-state index contributed by atoms with van der Waals surface area (Å²) in [5.74, 6) is 1.03. The minimum atomic E-state index is 0.136. The summed E-state index contributed by atoms with van der Waals surface area (Å²) in [5, 5.41) is 3.56. The molecule has 1 aliphatic rings. The van der Waals surface area contributed by atoms with Crippen LogP contribution < -0.4 is 10.1 Å². The summed E-state index contributed by atoms with van der Waals surface area (Å²) >= 11 is 0. The van der Waals surface area contributed by atoms with Gasteiger partial charge in [-0.3, -0.25) is 4.79 Å². The number of piperidine rings is 1. The van der Waals surface area contributed by atoms with E-state index in [0.29, 0.717) is 12.5 Å². The maximum absolute atomic E-state index is 12.6. The van der Waals surface area contributed by atoms with Crippen LogP contribution in [-0.4, -0.2) is 36.0 Å². The van der Waals surface area contributed by atoms with E-state index in [-0.39, 0.29) is 12.0 Å². The van der Waals surface area contributed by atoms with Gasteiger partial charge in [-0.2, -0.15) is 0 Å². The van der Waals surface area contributed by atoms with Gasteiger partial charge in [0.1, 0.15) is 5.75 Å². The van der Waals surface area contributed by atoms with Crippen LogP contribution in [0.4, 0.5) is 5.69 Å². The maximum Gasteiger partial charge on any atom is 0.226 e. The number of benzene rings is 2. The molecule has 1 fully saturated rings. The van der Waals surface area contributed by atoms with Gasteiger partial charge in [0.25, 0.3) is 0 Å². The second-order valence-electron chi connectivity index (χ2n) is 7.16. The molecular formula is C22H28N2O2. The van der Waals surface area contributed by atoms with Gasteiger partial charge in [-0.15, -0.1) is 0 Å². The van der Waals surface area contributed by atoms with E-state index < -0.39 is 0 Å². The molecule has 0 saturated carbocycles. The number of amides is 1. The van der Waals surface area contributed by atoms with E-state index in [4.69, 9.17) is 4.74 Å². The monoisotopic (exact) mass is 352 g/mol. The van der Waals surface area contributed by atoms with Crippen LogP contribution in [0.3, 0.4) is 0 Å². The van der Waals surface area contributed by atoms with Crippen molar-refractivity contribution in [3.05, 3.63) is 60.2 Å². The molecule has 1 heterocycles. The summed E-state index contributed by atoms with van der Waals surface area (Å²) in [7, 11) is 0. The number of carbonyl (C=O) groups excluding carboxylic acids is 1. The minimum absolute atomic E-state index is 0.136. The van der Waals surface area contributed by atoms with E-state index in [2.05, 4.69) is 17.4 Å². The number of nitrogens with one attached hydrogen (secondary N) is 1. The van der Waals surface area contributed by atoms with Gasteiger partial charge in [0, 0.05) is 24.8 Å². The smallest absolute Gasteiger partial charge is 0.226 e. The zero-order chi connectivity index (χ0) is 18.4. The third kappa shape index (κ3) is 5.25. The van der Waals surface area contributed by atoms with E-state index in [1.165, 1.54) is 0 Å². The number of rotatable bonds is 6. The molecule has 1 amide bonds. The fourth-order valence-electron chi connectivity index (χ4n) is 3.33. The highest BCUT2D eigenvalue weighted by atomic mass is 16.5. The van der Waals surface area contributed by atoms with E-state index in [9.17, 15) is 4.79 Å². The Labute approximate surface area is 156 Å². The lowest BCUT2D eigenvalue weighted by atomic mass is 10.0. The molecule has 0 radical (unpaired) electrons. The normalized spacial score (nSPS) is 15.1. The molecule has 1 aliphatic heterocycles. The highest BCUT2D eigenvalue weighted by Crippen LogP contribution is 2.19. The second kappa shape index (κ2) is 8.75. The molecule has 2 aromatic carbocycles. The molecule has 138 valence electrons. The topological polar surface area (TPSA) is 41.6 Å². The first-order chi connectivity index (χ1) is 12.6. The van der Waals surface area contributed by atoms with Crippen LogP contribution in [0.25, 0.3) is 0 Å². The van der Waals surface area contributed by atoms with Gasteiger partial charge in [0.15, 0.2) is 0 Å². The average molecular weight is 352 g/mol. The molecule has 0 aliphatic carbocycles. The lowest BCUT2D eigenvalue weighted by Crippen LogP contribution is -2.43. The molecule has 0 aromatic heterocycles. The van der Waals surface area contributed by atoms with Gasteiger partial charge in [-0.1, -0.05) is 30.3 Å². The molecular weight excluding hydrogens is 324 g/mol. The van der Waals surface area contributed by atoms with Crippen LogP contribution in [0.2, 0.25) is 0 Å². The van der Waals surface area contributed by atoms with E-state index >= 15 is 0 Å². The Kier molecular flexibility index (Phi) is 6.16. The first kappa shape index (κ1) is 18.3. The van der Waals surface area contributed by atoms with Crippen molar-refractivity contribution in [2.75, 3.05) is 18.4 Å². The summed E-state index contributed by atoms with van der Waals surface area (Å²) < 4.78 is 5.72. The standard InChI is InChI=1S/C22H28N2O2/c1-17(2)26-21-10-6-7-18(15-21)16-22(25)24-13-11-20(12-14-24)23-19-8-4-3-5-9-19/h3-10,15,17,20,23H,11-14,16H2,1-2H3. The fraction of sp³-hybridized carbons (Fsp3) is 0.409. The van der Waals surface area contributed by atoms with Crippen LogP contribution >= 0.6 is 0 Å². The van der Waals surface area contributed by atoms with Crippen LogP contribution in [0, 0.1) is 0 Å². The number of anilines is 1. The zero-order valence-electron chi connectivity index (χ0n) is 15.7. The van der Waals surface area contributed by atoms with Crippen molar-refractivity contribution in [2.24, 2.45) is 0 Å². The summed E-state index contributed by atoms with van der Waals surface area (Å²) in [6.07, 6.45) is 2.54. The SMILES string of the molecule is CC(C)Oc1cccc(CC(=O)N2CCC(Nc3ccccc3)CC2)c1. The first-order valence-corrected chi connectivity index (χ1v) is 9.45. The van der Waals surface area contributed by atoms with E-state index in [1.807, 2.05) is 61.2 Å². The Morgan fingerprint density at radius 1 is 1.12 bits per heavy atom. The lowest BCUT2D eigenvalue weighted by molar-refractivity contribution is -0.131. The van der Waals surface area contributed by atoms with Crippen molar-refractivity contribution < 1.29 is 9.53 Å². The van der Waals surface area contributed by atoms with Crippen LogP contribution in [-0.2, 0) is 11.2 Å². The fourth-order valence-corrected chi connectivity index (χ4v) is 3.33. The molecule has 4 heteroatoms. The number of carbonyl (C=O) groups is 1. The summed E-state index contributed by atoms with van der Waals surface area (Å²) in [6, 6.07) is 18.6. The number of likely N-dealkylation sites (tertiary alicyclic amines) is 1. The van der Waals surface area contributed by atoms with E-state index in [1.54, 1.807) is 0 Å². The highest BCUT2D eigenvalue weighted by Gasteiger charge is 2.22. The third-order valence-electron chi connectivity index (χ3n) is 4.62. The van der Waals surface area contributed by atoms with Gasteiger partial charge in [-0.05, 0) is 56.5 Å². The number of para-hydroxylation sites is 1. The van der Waals surface area contributed by atoms with Crippen molar-refractivity contribution in [1.82, 2.24) is 4.90 Å². The van der Waals surface area contributed by atoms with Crippen molar-refractivity contribution in [1.29, 1.82) is 0 Å². The number of hydrogen-bond donors (Lipinski definition) is 1. The molecule has 1 N–H and O–H groups in total. The van der Waals surface area contributed by atoms with Crippen LogP contribution in [0.15, 0.2) is 54.6 Å². The largest absolute Gasteiger partial charge is 0.491 e. The van der Waals surface area contributed by atoms with Gasteiger partial charge in [-0.25, -0.2) is 0 Å². The average Bonchev–Trinajstić information content (AvgIpc) is 2.63. The van der Waals surface area contributed by atoms with Gasteiger partial charge >= 0.3 is 0 Å². The Morgan fingerprint density at radius 3 is 2.54 bits per heavy atom. The predicted molar refractivity (Wildman–Crippen MR) is 106 cm³/mol. The molecule has 26 heavy (non-hydrogen) atoms. The predicted octanol–water partition coefficient (Wildman–Crippen LogP) is 4.12. The quantitative estimate of drug-likeness (QED) is 0.850. The highest BCUT2D eigenvalue weighted by molar-refractivity contribution is 5.79. The molecule has 0 unspecified atom stereocenters. The zero-order valence-corrected chi connectivity index (χ0v) is 15.7. The summed E-state index contributed by atoms with van der Waals surface area (Å²) in [4.78, 5) is 14.6. The molecule has 0 spiro atoms. The summed E-state index contributed by atoms with van der Waals surface area (Å²) in [5.41, 5.74) is 2.16. The van der Waals surface area contributed by atoms with E-state index in [0.717, 1.165) is 42.9 Å². The Balaban J connectivity index is 1.49. The minimum Gasteiger partial charge on any atom is -0.491 e. The van der Waals surface area contributed by atoms with Crippen molar-refractivity contribution in [3.63, 3.8) is 0 Å². The van der Waals surface area contributed by atoms with Crippen molar-refractivity contribution in [3.8, 4) is 5.75 Å². The Hall–Kier alpha value is -2.49. The number of nitrogens with zero attached hydrogens (tertiary/aromatic N) is 1. The number of hydrogen-bond acceptors (Lipinski definition) is 3. The number of ether oxygens (including phenoxy) is 1. The molecule has 3 rings (SSSR count). The Bertz CT molecular complexity index is 707. The molecule has 0 atom stereocenters. The van der Waals surface area contributed by atoms with Gasteiger partial charge in [0.05, 0.1) is 12.5 Å². The van der Waals surface area contributed by atoms with Gasteiger partial charge in [0.2, 0.25) is 5.91 Å². The third-order valence-corrected chi connectivity index (χ3v) is 4.62. The first-order valence-electron chi connectivity index (χ1n) is 9.45. The van der Waals surface area contributed by atoms with Crippen molar-refractivity contribution in [2.45, 2.75) is 45.3 Å². The maximum atomic E-state index is 12.6.